The first kappa shape index (κ1) is 51.1. The number of hydrogen-bond donors (Lipinski definition) is 0. The number of benzene rings is 3. The van der Waals surface area contributed by atoms with Crippen LogP contribution in [0.3, 0.4) is 0 Å². The quantitative estimate of drug-likeness (QED) is 0.0602. The van der Waals surface area contributed by atoms with Gasteiger partial charge in [-0.2, -0.15) is 18.2 Å². The summed E-state index contributed by atoms with van der Waals surface area (Å²) in [6.07, 6.45) is -3.71. The number of carbonyl (C=O) groups is 1. The molecule has 27 heteroatoms. The van der Waals surface area contributed by atoms with E-state index in [2.05, 4.69) is 4.98 Å². The Kier molecular flexibility index (Phi) is 14.1. The first-order chi connectivity index (χ1) is 28.6. The number of halogens is 4. The molecule has 63 heavy (non-hydrogen) atoms. The van der Waals surface area contributed by atoms with Crippen LogP contribution in [-0.2, 0) is 40.2 Å². The summed E-state index contributed by atoms with van der Waals surface area (Å²) in [4.78, 5) is 33.9. The van der Waals surface area contributed by atoms with Crippen LogP contribution in [-0.4, -0.2) is 172 Å². The molecule has 1 aromatic heterocycles. The van der Waals surface area contributed by atoms with E-state index >= 15 is 4.79 Å². The molecule has 1 heterocycles. The number of fused-ring (bicyclic) bond motifs is 1. The lowest BCUT2D eigenvalue weighted by Crippen LogP contribution is -2.83. The second-order valence-corrected chi connectivity index (χ2v) is 17.2. The van der Waals surface area contributed by atoms with Crippen molar-refractivity contribution < 1.29 is 22.4 Å². The second-order valence-electron chi connectivity index (χ2n) is 15.9. The Morgan fingerprint density at radius 1 is 0.730 bits per heavy atom. The van der Waals surface area contributed by atoms with Gasteiger partial charge in [0.25, 0.3) is 5.56 Å². The van der Waals surface area contributed by atoms with Gasteiger partial charge in [0.2, 0.25) is 5.91 Å². The van der Waals surface area contributed by atoms with E-state index in [0.717, 1.165) is 36.4 Å². The fourth-order valence-electron chi connectivity index (χ4n) is 7.86. The van der Waals surface area contributed by atoms with Crippen LogP contribution in [0.15, 0.2) is 58.5 Å². The lowest BCUT2D eigenvalue weighted by molar-refractivity contribution is -0.138. The zero-order valence-electron chi connectivity index (χ0n) is 34.2. The van der Waals surface area contributed by atoms with Crippen LogP contribution in [0.1, 0.15) is 48.2 Å². The second kappa shape index (κ2) is 17.4. The van der Waals surface area contributed by atoms with Crippen molar-refractivity contribution in [2.24, 2.45) is 0 Å². The molecule has 0 fully saturated rings. The van der Waals surface area contributed by atoms with Gasteiger partial charge in [0.15, 0.2) is 5.16 Å². The number of alkyl halides is 3. The van der Waals surface area contributed by atoms with E-state index in [0.29, 0.717) is 33.7 Å². The molecule has 3 aromatic carbocycles. The summed E-state index contributed by atoms with van der Waals surface area (Å²) in [5, 5.41) is -13.6. The van der Waals surface area contributed by atoms with Crippen LogP contribution in [0.5, 0.6) is 0 Å². The molecule has 1 aliphatic carbocycles. The minimum Gasteiger partial charge on any atom is -0.360 e. The summed E-state index contributed by atoms with van der Waals surface area (Å²) in [7, 11) is 105. The standard InChI is InChI=1S/C36H22B16F4N4O2S/c1-30(41,42)60(31(2,43)44)36(51,52)35(49,50)59(32(45,46)23-26(39)24(37)22(25(38)27(23)40)15-6-8-17(9-7-15)34(54,55)56)21(61)14-58-20-5-3-4-19(20)28(62)57-29(58)63-33(47,48)16-10-12-18(53)13-11-16/h6-13H,3-5,14H2,1-2H3. The third kappa shape index (κ3) is 9.67. The molecule has 0 saturated heterocycles. The van der Waals surface area contributed by atoms with Gasteiger partial charge in [0.05, 0.1) is 99.7 Å². The molecule has 280 valence electrons. The maximum Gasteiger partial charge on any atom is 0.416 e. The van der Waals surface area contributed by atoms with Crippen molar-refractivity contribution in [3.8, 4) is 11.1 Å². The van der Waals surface area contributed by atoms with E-state index in [1.807, 2.05) is 0 Å². The molecule has 0 aliphatic heterocycles. The van der Waals surface area contributed by atoms with Crippen LogP contribution >= 0.6 is 11.8 Å². The topological polar surface area (TPSA) is 58.4 Å². The van der Waals surface area contributed by atoms with Crippen molar-refractivity contribution >= 4 is 165 Å². The predicted molar refractivity (Wildman–Crippen MR) is 255 cm³/mol. The van der Waals surface area contributed by atoms with Crippen LogP contribution in [0.4, 0.5) is 17.6 Å². The normalized spacial score (nSPS) is 14.1. The summed E-state index contributed by atoms with van der Waals surface area (Å²) < 4.78 is 53.6. The molecule has 0 bridgehead atoms. The molecule has 1 aliphatic rings. The number of hydrogen-bond acceptors (Lipinski definition) is 5. The molecular formula is C36H22B16F4N4O2S. The number of amides is 1. The number of aromatic nitrogens is 2. The molecule has 0 unspecified atom stereocenters. The van der Waals surface area contributed by atoms with Crippen LogP contribution in [0, 0.1) is 5.82 Å². The first-order valence-corrected chi connectivity index (χ1v) is 19.5. The summed E-state index contributed by atoms with van der Waals surface area (Å²) in [6.45, 7) is 1.45. The number of rotatable bonds is 13. The minimum absolute atomic E-state index is 0.0394. The molecular weight excluding hydrogens is 801 g/mol. The number of carbonyl (C=O) groups excluding carboxylic acids is 1. The molecule has 0 saturated carbocycles. The summed E-state index contributed by atoms with van der Waals surface area (Å²) in [5.41, 5.74) is -3.48. The number of nitrogens with zero attached hydrogens (tertiary/aromatic N) is 4. The SMILES string of the molecule is [B]c1c([B])c(C([B])([B])N(C(=O)Cn2c(SC([B])([B])c3ccc(F)cc3)nc(=O)c3c2CCC3)C([B])([B])C([B])([B])N(C([B])([B])C)C([B])([B])C)c([B])c([B])c1-c1ccc(C(F)(F)F)cc1. The monoisotopic (exact) mass is 826 g/mol. The first-order valence-electron chi connectivity index (χ1n) is 18.7. The van der Waals surface area contributed by atoms with Crippen molar-refractivity contribution in [2.45, 2.75) is 82.2 Å². The summed E-state index contributed by atoms with van der Waals surface area (Å²) >= 11 is 0.634. The van der Waals surface area contributed by atoms with E-state index in [4.69, 9.17) is 126 Å². The van der Waals surface area contributed by atoms with Crippen LogP contribution < -0.4 is 27.4 Å². The van der Waals surface area contributed by atoms with Crippen LogP contribution in [0.25, 0.3) is 11.1 Å². The van der Waals surface area contributed by atoms with Gasteiger partial charge in [-0.15, -0.1) is 0 Å². The van der Waals surface area contributed by atoms with E-state index in [-0.39, 0.29) is 40.3 Å². The maximum atomic E-state index is 15.3. The fourth-order valence-corrected chi connectivity index (χ4v) is 8.83. The maximum absolute atomic E-state index is 15.3. The molecule has 32 radical (unpaired) electrons. The highest BCUT2D eigenvalue weighted by Crippen LogP contribution is 2.40. The van der Waals surface area contributed by atoms with E-state index < -0.39 is 94.2 Å². The van der Waals surface area contributed by atoms with Gasteiger partial charge in [0.1, 0.15) is 43.7 Å². The third-order valence-electron chi connectivity index (χ3n) is 10.6. The Balaban J connectivity index is 1.77. The van der Waals surface area contributed by atoms with Crippen molar-refractivity contribution in [1.29, 1.82) is 0 Å². The fraction of sp³-hybridized carbons (Fsp3) is 0.361. The Morgan fingerprint density at radius 3 is 1.70 bits per heavy atom. The lowest BCUT2D eigenvalue weighted by Gasteiger charge is -2.68. The zero-order chi connectivity index (χ0) is 47.8. The smallest absolute Gasteiger partial charge is 0.360 e. The average molecular weight is 824 g/mol. The Labute approximate surface area is 390 Å². The number of thioether (sulfide) groups is 1. The van der Waals surface area contributed by atoms with Gasteiger partial charge in [-0.05, 0) is 80.8 Å². The molecule has 0 atom stereocenters. The van der Waals surface area contributed by atoms with Crippen molar-refractivity contribution in [1.82, 2.24) is 19.4 Å². The highest BCUT2D eigenvalue weighted by Gasteiger charge is 2.54. The molecule has 0 N–H and O–H groups in total. The van der Waals surface area contributed by atoms with Gasteiger partial charge in [-0.25, -0.2) is 4.39 Å². The van der Waals surface area contributed by atoms with Gasteiger partial charge in [-0.3, -0.25) is 9.59 Å². The van der Waals surface area contributed by atoms with Gasteiger partial charge in [0, 0.05) is 11.3 Å². The largest absolute Gasteiger partial charge is 0.416 e. The lowest BCUT2D eigenvalue weighted by atomic mass is 9.32. The van der Waals surface area contributed by atoms with Crippen LogP contribution in [0.2, 0.25) is 0 Å². The van der Waals surface area contributed by atoms with Gasteiger partial charge < -0.3 is 14.4 Å². The molecule has 6 nitrogen and oxygen atoms in total. The Hall–Kier alpha value is -2.92. The molecule has 1 amide bonds. The van der Waals surface area contributed by atoms with Crippen molar-refractivity contribution in [2.75, 3.05) is 0 Å². The Bertz CT molecular complexity index is 2430. The summed E-state index contributed by atoms with van der Waals surface area (Å²) in [6, 6.07) is 8.54. The van der Waals surface area contributed by atoms with Gasteiger partial charge >= 0.3 is 6.18 Å². The highest BCUT2D eigenvalue weighted by atomic mass is 32.2. The van der Waals surface area contributed by atoms with E-state index in [1.165, 1.54) is 30.5 Å². The third-order valence-corrected chi connectivity index (χ3v) is 11.6. The van der Waals surface area contributed by atoms with Gasteiger partial charge in [-0.1, -0.05) is 88.0 Å². The molecule has 4 aromatic rings. The van der Waals surface area contributed by atoms with Crippen molar-refractivity contribution in [3.05, 3.63) is 92.6 Å². The van der Waals surface area contributed by atoms with Crippen molar-refractivity contribution in [3.63, 3.8) is 0 Å². The summed E-state index contributed by atoms with van der Waals surface area (Å²) in [5.74, 6) is -1.83. The average Bonchev–Trinajstić information content (AvgIpc) is 3.62. The minimum atomic E-state index is -4.68. The molecule has 5 rings (SSSR count). The van der Waals surface area contributed by atoms with E-state index in [9.17, 15) is 22.4 Å². The van der Waals surface area contributed by atoms with E-state index in [1.54, 1.807) is 0 Å². The molecule has 0 spiro atoms. The Morgan fingerprint density at radius 2 is 1.22 bits per heavy atom. The zero-order valence-corrected chi connectivity index (χ0v) is 35.0. The predicted octanol–water partition coefficient (Wildman–Crippen LogP) is -3.75. The highest BCUT2D eigenvalue weighted by molar-refractivity contribution is 8.02.